The summed E-state index contributed by atoms with van der Waals surface area (Å²) in [6.45, 7) is 1.56. The van der Waals surface area contributed by atoms with Gasteiger partial charge in [0.15, 0.2) is 11.6 Å². The van der Waals surface area contributed by atoms with Crippen molar-refractivity contribution < 1.29 is 8.78 Å². The van der Waals surface area contributed by atoms with Gasteiger partial charge in [0.1, 0.15) is 0 Å². The third-order valence-corrected chi connectivity index (χ3v) is 2.59. The smallest absolute Gasteiger partial charge is 0.162 e. The van der Waals surface area contributed by atoms with E-state index in [1.165, 1.54) is 0 Å². The van der Waals surface area contributed by atoms with Crippen molar-refractivity contribution in [3.05, 3.63) is 70.8 Å². The summed E-state index contributed by atoms with van der Waals surface area (Å²) in [6.07, 6.45) is 0.421. The van der Waals surface area contributed by atoms with Crippen LogP contribution in [0.1, 0.15) is 16.7 Å². The second kappa shape index (κ2) is 4.44. The van der Waals surface area contributed by atoms with Crippen molar-refractivity contribution in [2.24, 2.45) is 0 Å². The summed E-state index contributed by atoms with van der Waals surface area (Å²) in [5.74, 6) is -1.47. The van der Waals surface area contributed by atoms with Crippen LogP contribution in [0.4, 0.5) is 8.78 Å². The highest BCUT2D eigenvalue weighted by molar-refractivity contribution is 5.30. The molecular weight excluding hydrogens is 206 g/mol. The third-order valence-electron chi connectivity index (χ3n) is 2.59. The average molecular weight is 218 g/mol. The molecule has 16 heavy (non-hydrogen) atoms. The molecule has 82 valence electrons. The summed E-state index contributed by atoms with van der Waals surface area (Å²) < 4.78 is 26.9. The van der Waals surface area contributed by atoms with Gasteiger partial charge in [0.05, 0.1) is 0 Å². The van der Waals surface area contributed by atoms with Gasteiger partial charge >= 0.3 is 0 Å². The van der Waals surface area contributed by atoms with Gasteiger partial charge in [0, 0.05) is 6.42 Å². The Morgan fingerprint density at radius 2 is 1.56 bits per heavy atom. The topological polar surface area (TPSA) is 0 Å². The van der Waals surface area contributed by atoms with Crippen molar-refractivity contribution in [3.8, 4) is 0 Å². The van der Waals surface area contributed by atoms with Gasteiger partial charge in [-0.25, -0.2) is 8.78 Å². The van der Waals surface area contributed by atoms with E-state index in [2.05, 4.69) is 0 Å². The molecule has 0 fully saturated rings. The maximum absolute atomic E-state index is 13.6. The van der Waals surface area contributed by atoms with Gasteiger partial charge in [-0.1, -0.05) is 42.5 Å². The molecule has 0 N–H and O–H groups in total. The summed E-state index contributed by atoms with van der Waals surface area (Å²) >= 11 is 0. The lowest BCUT2D eigenvalue weighted by Crippen LogP contribution is -1.97. The van der Waals surface area contributed by atoms with Crippen LogP contribution >= 0.6 is 0 Å². The second-order valence-electron chi connectivity index (χ2n) is 3.83. The maximum atomic E-state index is 13.6. The fraction of sp³-hybridized carbons (Fsp3) is 0.143. The Labute approximate surface area is 93.5 Å². The lowest BCUT2D eigenvalue weighted by molar-refractivity contribution is 0.495. The second-order valence-corrected chi connectivity index (χ2v) is 3.83. The monoisotopic (exact) mass is 218 g/mol. The molecule has 0 aliphatic rings. The minimum atomic E-state index is -0.742. The Bertz CT molecular complexity index is 490. The number of hydrogen-bond donors (Lipinski definition) is 0. The van der Waals surface area contributed by atoms with E-state index in [9.17, 15) is 8.78 Å². The Balaban J connectivity index is 2.33. The summed E-state index contributed by atoms with van der Waals surface area (Å²) in [6, 6.07) is 12.7. The number of hydrogen-bond acceptors (Lipinski definition) is 0. The van der Waals surface area contributed by atoms with Crippen LogP contribution < -0.4 is 0 Å². The van der Waals surface area contributed by atoms with Gasteiger partial charge in [-0.05, 0) is 23.6 Å². The molecule has 0 aromatic heterocycles. The summed E-state index contributed by atoms with van der Waals surface area (Å²) in [4.78, 5) is 0. The van der Waals surface area contributed by atoms with E-state index in [4.69, 9.17) is 0 Å². The van der Waals surface area contributed by atoms with Crippen LogP contribution in [0.3, 0.4) is 0 Å². The van der Waals surface area contributed by atoms with E-state index in [0.29, 0.717) is 17.5 Å². The molecular formula is C14H12F2. The highest BCUT2D eigenvalue weighted by atomic mass is 19.2. The Hall–Kier alpha value is -1.70. The van der Waals surface area contributed by atoms with E-state index >= 15 is 0 Å². The Morgan fingerprint density at radius 3 is 2.25 bits per heavy atom. The lowest BCUT2D eigenvalue weighted by atomic mass is 10.0. The van der Waals surface area contributed by atoms with E-state index in [1.54, 1.807) is 19.1 Å². The molecule has 0 amide bonds. The molecule has 2 rings (SSSR count). The van der Waals surface area contributed by atoms with Crippen LogP contribution in [0.25, 0.3) is 0 Å². The summed E-state index contributed by atoms with van der Waals surface area (Å²) in [7, 11) is 0. The molecule has 0 atom stereocenters. The molecule has 0 unspecified atom stereocenters. The maximum Gasteiger partial charge on any atom is 0.162 e. The third kappa shape index (κ3) is 2.11. The average Bonchev–Trinajstić information content (AvgIpc) is 2.31. The quantitative estimate of drug-likeness (QED) is 0.718. The van der Waals surface area contributed by atoms with Gasteiger partial charge < -0.3 is 0 Å². The standard InChI is InChI=1S/C14H12F2/c1-10-7-8-12(14(16)13(10)15)9-11-5-3-2-4-6-11/h2-8H,9H2,1H3. The predicted octanol–water partition coefficient (Wildman–Crippen LogP) is 3.86. The predicted molar refractivity (Wildman–Crippen MR) is 60.3 cm³/mol. The molecule has 2 heteroatoms. The number of benzene rings is 2. The highest BCUT2D eigenvalue weighted by Crippen LogP contribution is 2.18. The van der Waals surface area contributed by atoms with E-state index in [1.807, 2.05) is 30.3 Å². The van der Waals surface area contributed by atoms with Gasteiger partial charge in [-0.2, -0.15) is 0 Å². The van der Waals surface area contributed by atoms with Gasteiger partial charge in [-0.3, -0.25) is 0 Å². The Kier molecular flexibility index (Phi) is 3.00. The van der Waals surface area contributed by atoms with Crippen molar-refractivity contribution in [1.82, 2.24) is 0 Å². The normalized spacial score (nSPS) is 10.4. The number of rotatable bonds is 2. The number of halogens is 2. The van der Waals surface area contributed by atoms with Crippen molar-refractivity contribution in [2.45, 2.75) is 13.3 Å². The molecule has 0 saturated carbocycles. The number of aryl methyl sites for hydroxylation is 1. The van der Waals surface area contributed by atoms with E-state index in [0.717, 1.165) is 5.56 Å². The summed E-state index contributed by atoms with van der Waals surface area (Å²) in [5, 5.41) is 0. The first-order valence-electron chi connectivity index (χ1n) is 5.16. The molecule has 0 saturated heterocycles. The zero-order chi connectivity index (χ0) is 11.5. The van der Waals surface area contributed by atoms with Crippen LogP contribution in [0.5, 0.6) is 0 Å². The molecule has 0 nitrogen and oxygen atoms in total. The van der Waals surface area contributed by atoms with Crippen molar-refractivity contribution in [3.63, 3.8) is 0 Å². The molecule has 0 aliphatic carbocycles. The molecule has 0 bridgehead atoms. The SMILES string of the molecule is Cc1ccc(Cc2ccccc2)c(F)c1F. The minimum absolute atomic E-state index is 0.342. The molecule has 0 aliphatic heterocycles. The van der Waals surface area contributed by atoms with Crippen LogP contribution in [0, 0.1) is 18.6 Å². The minimum Gasteiger partial charge on any atom is -0.203 e. The van der Waals surface area contributed by atoms with Crippen LogP contribution in [0.15, 0.2) is 42.5 Å². The van der Waals surface area contributed by atoms with Gasteiger partial charge in [0.25, 0.3) is 0 Å². The van der Waals surface area contributed by atoms with Crippen molar-refractivity contribution in [1.29, 1.82) is 0 Å². The first-order valence-corrected chi connectivity index (χ1v) is 5.16. The summed E-state index contributed by atoms with van der Waals surface area (Å²) in [5.41, 5.74) is 1.72. The highest BCUT2D eigenvalue weighted by Gasteiger charge is 2.10. The van der Waals surface area contributed by atoms with Gasteiger partial charge in [-0.15, -0.1) is 0 Å². The van der Waals surface area contributed by atoms with Crippen LogP contribution in [-0.4, -0.2) is 0 Å². The fourth-order valence-electron chi connectivity index (χ4n) is 1.64. The fourth-order valence-corrected chi connectivity index (χ4v) is 1.64. The largest absolute Gasteiger partial charge is 0.203 e. The zero-order valence-corrected chi connectivity index (χ0v) is 9.00. The van der Waals surface area contributed by atoms with Gasteiger partial charge in [0.2, 0.25) is 0 Å². The first-order chi connectivity index (χ1) is 7.68. The lowest BCUT2D eigenvalue weighted by Gasteiger charge is -2.06. The first kappa shape index (κ1) is 10.8. The molecule has 0 heterocycles. The molecule has 2 aromatic rings. The molecule has 2 aromatic carbocycles. The van der Waals surface area contributed by atoms with E-state index < -0.39 is 11.6 Å². The molecule has 0 spiro atoms. The van der Waals surface area contributed by atoms with Crippen molar-refractivity contribution in [2.75, 3.05) is 0 Å². The molecule has 0 radical (unpaired) electrons. The van der Waals surface area contributed by atoms with Crippen molar-refractivity contribution >= 4 is 0 Å². The van der Waals surface area contributed by atoms with Crippen LogP contribution in [0.2, 0.25) is 0 Å². The van der Waals surface area contributed by atoms with Crippen LogP contribution in [-0.2, 0) is 6.42 Å². The van der Waals surface area contributed by atoms with E-state index in [-0.39, 0.29) is 0 Å². The Morgan fingerprint density at radius 1 is 0.875 bits per heavy atom. The zero-order valence-electron chi connectivity index (χ0n) is 9.00.